The molecule has 1 N–H and O–H groups in total. The molecule has 0 unspecified atom stereocenters. The van der Waals surface area contributed by atoms with Crippen LogP contribution in [0.5, 0.6) is 0 Å². The van der Waals surface area contributed by atoms with Crippen molar-refractivity contribution in [3.8, 4) is 0 Å². The highest BCUT2D eigenvalue weighted by atomic mass is 32.1. The number of likely N-dealkylation sites (tertiary alicyclic amines) is 1. The van der Waals surface area contributed by atoms with Crippen molar-refractivity contribution in [1.82, 2.24) is 19.7 Å². The zero-order valence-corrected chi connectivity index (χ0v) is 14.0. The number of carbonyl (C=O) groups is 1. The summed E-state index contributed by atoms with van der Waals surface area (Å²) in [4.78, 5) is 13.8. The van der Waals surface area contributed by atoms with Gasteiger partial charge in [0.25, 0.3) is 0 Å². The van der Waals surface area contributed by atoms with Crippen molar-refractivity contribution in [3.63, 3.8) is 0 Å². The number of H-pyrrole nitrogens is 1. The van der Waals surface area contributed by atoms with E-state index in [1.54, 1.807) is 4.90 Å². The van der Waals surface area contributed by atoms with E-state index in [2.05, 4.69) is 17.1 Å². The lowest BCUT2D eigenvalue weighted by Gasteiger charge is -2.33. The monoisotopic (exact) mass is 312 g/mol. The lowest BCUT2D eigenvalue weighted by atomic mass is 9.96. The molecule has 1 aromatic rings. The van der Waals surface area contributed by atoms with Gasteiger partial charge in [-0.05, 0) is 52.8 Å². The summed E-state index contributed by atoms with van der Waals surface area (Å²) in [5.41, 5.74) is -0.446. The molecule has 0 atom stereocenters. The molecule has 1 amide bonds. The molecule has 118 valence electrons. The maximum absolute atomic E-state index is 12.0. The van der Waals surface area contributed by atoms with Crippen molar-refractivity contribution in [2.75, 3.05) is 13.1 Å². The Morgan fingerprint density at radius 2 is 2.05 bits per heavy atom. The second-order valence-electron chi connectivity index (χ2n) is 6.37. The summed E-state index contributed by atoms with van der Waals surface area (Å²) in [6.07, 6.45) is 1.55. The van der Waals surface area contributed by atoms with E-state index in [0.29, 0.717) is 23.8 Å². The number of piperidine rings is 1. The standard InChI is InChI=1S/C14H24N4O2S/c1-5-18-11(15-16-12(18)21)10-6-8-17(9-7-10)13(19)20-14(2,3)4/h10H,5-9H2,1-4H3,(H,16,21). The number of nitrogens with one attached hydrogen (secondary N) is 1. The average molecular weight is 312 g/mol. The van der Waals surface area contributed by atoms with Crippen LogP contribution >= 0.6 is 12.2 Å². The minimum Gasteiger partial charge on any atom is -0.444 e. The maximum Gasteiger partial charge on any atom is 0.410 e. The smallest absolute Gasteiger partial charge is 0.410 e. The van der Waals surface area contributed by atoms with Crippen LogP contribution in [0.4, 0.5) is 4.79 Å². The largest absolute Gasteiger partial charge is 0.444 e. The summed E-state index contributed by atoms with van der Waals surface area (Å²) in [5.74, 6) is 1.35. The molecule has 1 fully saturated rings. The predicted molar refractivity (Wildman–Crippen MR) is 82.9 cm³/mol. The molecule has 21 heavy (non-hydrogen) atoms. The lowest BCUT2D eigenvalue weighted by molar-refractivity contribution is 0.0202. The Bertz CT molecular complexity index is 550. The van der Waals surface area contributed by atoms with Gasteiger partial charge in [0.1, 0.15) is 11.4 Å². The van der Waals surface area contributed by atoms with E-state index in [9.17, 15) is 4.79 Å². The van der Waals surface area contributed by atoms with Crippen LogP contribution in [0.1, 0.15) is 52.3 Å². The number of amides is 1. The maximum atomic E-state index is 12.0. The molecule has 1 aliphatic rings. The number of hydrogen-bond donors (Lipinski definition) is 1. The third-order valence-electron chi connectivity index (χ3n) is 3.62. The lowest BCUT2D eigenvalue weighted by Crippen LogP contribution is -2.41. The van der Waals surface area contributed by atoms with E-state index in [4.69, 9.17) is 17.0 Å². The molecular formula is C14H24N4O2S. The number of aromatic nitrogens is 3. The fourth-order valence-electron chi connectivity index (χ4n) is 2.59. The highest BCUT2D eigenvalue weighted by Gasteiger charge is 2.29. The van der Waals surface area contributed by atoms with Crippen LogP contribution in [0.25, 0.3) is 0 Å². The average Bonchev–Trinajstić information content (AvgIpc) is 2.78. The first-order chi connectivity index (χ1) is 9.81. The second kappa shape index (κ2) is 6.17. The second-order valence-corrected chi connectivity index (χ2v) is 6.76. The summed E-state index contributed by atoms with van der Waals surface area (Å²) in [5, 5.41) is 7.21. The summed E-state index contributed by atoms with van der Waals surface area (Å²) < 4.78 is 8.11. The van der Waals surface area contributed by atoms with E-state index in [1.165, 1.54) is 0 Å². The summed E-state index contributed by atoms with van der Waals surface area (Å²) in [7, 11) is 0. The number of carbonyl (C=O) groups excluding carboxylic acids is 1. The Morgan fingerprint density at radius 3 is 2.57 bits per heavy atom. The van der Waals surface area contributed by atoms with E-state index in [0.717, 1.165) is 25.2 Å². The number of aromatic amines is 1. The van der Waals surface area contributed by atoms with E-state index in [-0.39, 0.29) is 6.09 Å². The molecule has 0 aliphatic carbocycles. The van der Waals surface area contributed by atoms with Gasteiger partial charge in [-0.2, -0.15) is 5.10 Å². The molecule has 0 bridgehead atoms. The van der Waals surface area contributed by atoms with Gasteiger partial charge in [0.2, 0.25) is 0 Å². The Hall–Kier alpha value is -1.37. The molecule has 1 aromatic heterocycles. The SMILES string of the molecule is CCn1c(C2CCN(C(=O)OC(C)(C)C)CC2)n[nH]c1=S. The zero-order chi connectivity index (χ0) is 15.6. The summed E-state index contributed by atoms with van der Waals surface area (Å²) >= 11 is 5.23. The molecule has 1 saturated heterocycles. The molecule has 0 radical (unpaired) electrons. The summed E-state index contributed by atoms with van der Waals surface area (Å²) in [6.45, 7) is 9.93. The first-order valence-corrected chi connectivity index (χ1v) is 7.85. The topological polar surface area (TPSA) is 63.1 Å². The van der Waals surface area contributed by atoms with Gasteiger partial charge in [-0.15, -0.1) is 0 Å². The fraction of sp³-hybridized carbons (Fsp3) is 0.786. The van der Waals surface area contributed by atoms with Gasteiger partial charge in [-0.1, -0.05) is 0 Å². The van der Waals surface area contributed by atoms with Gasteiger partial charge < -0.3 is 14.2 Å². The minimum absolute atomic E-state index is 0.227. The number of ether oxygens (including phenoxy) is 1. The highest BCUT2D eigenvalue weighted by Crippen LogP contribution is 2.27. The van der Waals surface area contributed by atoms with Gasteiger partial charge in [-0.25, -0.2) is 4.79 Å². The number of nitrogens with zero attached hydrogens (tertiary/aromatic N) is 3. The van der Waals surface area contributed by atoms with Crippen molar-refractivity contribution in [2.45, 2.75) is 58.6 Å². The molecule has 2 heterocycles. The molecule has 0 aromatic carbocycles. The van der Waals surface area contributed by atoms with E-state index >= 15 is 0 Å². The third kappa shape index (κ3) is 3.84. The van der Waals surface area contributed by atoms with Gasteiger partial charge in [0.15, 0.2) is 4.77 Å². The van der Waals surface area contributed by atoms with Crippen LogP contribution in [-0.4, -0.2) is 44.4 Å². The van der Waals surface area contributed by atoms with E-state index in [1.807, 2.05) is 25.3 Å². The Morgan fingerprint density at radius 1 is 1.43 bits per heavy atom. The van der Waals surface area contributed by atoms with Crippen LogP contribution in [0.3, 0.4) is 0 Å². The van der Waals surface area contributed by atoms with Crippen LogP contribution < -0.4 is 0 Å². The van der Waals surface area contributed by atoms with Gasteiger partial charge in [0, 0.05) is 25.6 Å². The van der Waals surface area contributed by atoms with Crippen molar-refractivity contribution < 1.29 is 9.53 Å². The van der Waals surface area contributed by atoms with Gasteiger partial charge >= 0.3 is 6.09 Å². The third-order valence-corrected chi connectivity index (χ3v) is 3.93. The number of hydrogen-bond acceptors (Lipinski definition) is 4. The molecular weight excluding hydrogens is 288 g/mol. The molecule has 0 spiro atoms. The van der Waals surface area contributed by atoms with Gasteiger partial charge in [0.05, 0.1) is 0 Å². The highest BCUT2D eigenvalue weighted by molar-refractivity contribution is 7.71. The van der Waals surface area contributed by atoms with Crippen LogP contribution in [0.15, 0.2) is 0 Å². The fourth-order valence-corrected chi connectivity index (χ4v) is 2.86. The van der Waals surface area contributed by atoms with Crippen LogP contribution in [0.2, 0.25) is 0 Å². The van der Waals surface area contributed by atoms with Crippen LogP contribution in [-0.2, 0) is 11.3 Å². The molecule has 1 aliphatic heterocycles. The van der Waals surface area contributed by atoms with Crippen molar-refractivity contribution in [1.29, 1.82) is 0 Å². The first kappa shape index (κ1) is 16.0. The Kier molecular flexibility index (Phi) is 4.70. The van der Waals surface area contributed by atoms with Crippen molar-refractivity contribution in [2.24, 2.45) is 0 Å². The Labute approximate surface area is 130 Å². The zero-order valence-electron chi connectivity index (χ0n) is 13.2. The number of rotatable bonds is 2. The normalized spacial score (nSPS) is 17.0. The van der Waals surface area contributed by atoms with Gasteiger partial charge in [-0.3, -0.25) is 5.10 Å². The quantitative estimate of drug-likeness (QED) is 0.852. The summed E-state index contributed by atoms with van der Waals surface area (Å²) in [6, 6.07) is 0. The molecule has 0 saturated carbocycles. The van der Waals surface area contributed by atoms with Crippen molar-refractivity contribution in [3.05, 3.63) is 10.6 Å². The molecule has 6 nitrogen and oxygen atoms in total. The Balaban J connectivity index is 1.97. The molecule has 2 rings (SSSR count). The van der Waals surface area contributed by atoms with Crippen LogP contribution in [0, 0.1) is 4.77 Å². The van der Waals surface area contributed by atoms with E-state index < -0.39 is 5.60 Å². The molecule has 7 heteroatoms. The van der Waals surface area contributed by atoms with Crippen molar-refractivity contribution >= 4 is 18.3 Å². The minimum atomic E-state index is -0.446. The first-order valence-electron chi connectivity index (χ1n) is 7.45. The predicted octanol–water partition coefficient (Wildman–Crippen LogP) is 3.08.